The Balaban J connectivity index is 1.72. The van der Waals surface area contributed by atoms with Crippen molar-refractivity contribution in [3.63, 3.8) is 0 Å². The van der Waals surface area contributed by atoms with Gasteiger partial charge in [-0.05, 0) is 68.5 Å². The molecule has 1 aliphatic rings. The third kappa shape index (κ3) is 14.3. The van der Waals surface area contributed by atoms with Crippen LogP contribution in [-0.2, 0) is 46.4 Å². The van der Waals surface area contributed by atoms with Gasteiger partial charge in [-0.2, -0.15) is 0 Å². The lowest BCUT2D eigenvalue weighted by Crippen LogP contribution is -2.55. The number of hydrogen-bond donors (Lipinski definition) is 4. The number of hydrogen-bond acceptors (Lipinski definition) is 9. The largest absolute Gasteiger partial charge is 0.399 e. The highest BCUT2D eigenvalue weighted by Crippen LogP contribution is 2.29. The molecule has 0 spiro atoms. The van der Waals surface area contributed by atoms with Crippen LogP contribution in [0.15, 0.2) is 54.6 Å². The average Bonchev–Trinajstić information content (AvgIpc) is 3.69. The molecular formula is C45H71N7O7. The maximum absolute atomic E-state index is 14.2. The summed E-state index contributed by atoms with van der Waals surface area (Å²) in [7, 11) is 8.48. The lowest BCUT2D eigenvalue weighted by atomic mass is 9.90. The zero-order valence-corrected chi connectivity index (χ0v) is 37.0. The second-order valence-corrected chi connectivity index (χ2v) is 16.6. The van der Waals surface area contributed by atoms with Crippen molar-refractivity contribution in [2.45, 2.75) is 116 Å². The van der Waals surface area contributed by atoms with Crippen molar-refractivity contribution in [2.75, 3.05) is 54.2 Å². The number of anilines is 1. The number of likely N-dealkylation sites (N-methyl/N-ethyl adjacent to an activating group) is 2. The van der Waals surface area contributed by atoms with Crippen LogP contribution < -0.4 is 21.7 Å². The molecule has 2 aromatic carbocycles. The molecule has 14 nitrogen and oxygen atoms in total. The SMILES string of the molecule is CCC(C)C(C(CC(=O)N1CCCC1C(OC)C(C)C(=O)NC(CC(=O)NCc1ccc(N)cc1)Cc1ccccc1)OC)N(C)C(=O)CNC(=O)C(C(C)C)N(C)C. The molecule has 0 aromatic heterocycles. The van der Waals surface area contributed by atoms with Gasteiger partial charge in [0.05, 0.1) is 49.2 Å². The maximum atomic E-state index is 14.2. The molecule has 1 saturated heterocycles. The van der Waals surface area contributed by atoms with E-state index in [-0.39, 0.29) is 72.8 Å². The molecule has 0 aliphatic carbocycles. The highest BCUT2D eigenvalue weighted by molar-refractivity contribution is 5.88. The quantitative estimate of drug-likeness (QED) is 0.122. The Hall–Kier alpha value is -4.53. The molecule has 1 fully saturated rings. The summed E-state index contributed by atoms with van der Waals surface area (Å²) in [6.45, 7) is 10.4. The van der Waals surface area contributed by atoms with Crippen LogP contribution in [0, 0.1) is 17.8 Å². The Morgan fingerprint density at radius 3 is 2.10 bits per heavy atom. The average molecular weight is 822 g/mol. The third-order valence-electron chi connectivity index (χ3n) is 11.7. The van der Waals surface area contributed by atoms with Gasteiger partial charge >= 0.3 is 0 Å². The lowest BCUT2D eigenvalue weighted by molar-refractivity contribution is -0.146. The molecule has 5 amide bonds. The molecule has 0 bridgehead atoms. The van der Waals surface area contributed by atoms with E-state index in [1.165, 1.54) is 0 Å². The second-order valence-electron chi connectivity index (χ2n) is 16.6. The number of nitrogens with zero attached hydrogens (tertiary/aromatic N) is 3. The maximum Gasteiger partial charge on any atom is 0.242 e. The molecule has 5 N–H and O–H groups in total. The fourth-order valence-corrected chi connectivity index (χ4v) is 8.39. The van der Waals surface area contributed by atoms with E-state index in [0.717, 1.165) is 24.0 Å². The minimum absolute atomic E-state index is 0.0175. The van der Waals surface area contributed by atoms with E-state index < -0.39 is 30.2 Å². The van der Waals surface area contributed by atoms with Gasteiger partial charge in [0.2, 0.25) is 29.5 Å². The summed E-state index contributed by atoms with van der Waals surface area (Å²) in [6.07, 6.45) is 1.43. The fourth-order valence-electron chi connectivity index (χ4n) is 8.39. The first-order valence-corrected chi connectivity index (χ1v) is 21.0. The molecule has 1 aliphatic heterocycles. The first-order valence-electron chi connectivity index (χ1n) is 21.0. The zero-order valence-electron chi connectivity index (χ0n) is 37.0. The number of ether oxygens (including phenoxy) is 2. The van der Waals surface area contributed by atoms with Crippen molar-refractivity contribution in [1.82, 2.24) is 30.7 Å². The van der Waals surface area contributed by atoms with Crippen LogP contribution in [0.2, 0.25) is 0 Å². The van der Waals surface area contributed by atoms with Crippen LogP contribution in [0.1, 0.15) is 77.8 Å². The van der Waals surface area contributed by atoms with Crippen molar-refractivity contribution in [3.8, 4) is 0 Å². The van der Waals surface area contributed by atoms with Crippen molar-refractivity contribution >= 4 is 35.2 Å². The number of benzene rings is 2. The fraction of sp³-hybridized carbons (Fsp3) is 0.622. The van der Waals surface area contributed by atoms with Gasteiger partial charge in [0.25, 0.3) is 0 Å². The molecule has 2 aromatic rings. The van der Waals surface area contributed by atoms with Crippen molar-refractivity contribution in [3.05, 3.63) is 65.7 Å². The summed E-state index contributed by atoms with van der Waals surface area (Å²) in [6, 6.07) is 15.3. The lowest BCUT2D eigenvalue weighted by Gasteiger charge is -2.39. The van der Waals surface area contributed by atoms with Gasteiger partial charge in [0.1, 0.15) is 0 Å². The van der Waals surface area contributed by atoms with Gasteiger partial charge in [-0.3, -0.25) is 28.9 Å². The normalized spacial score (nSPS) is 17.7. The van der Waals surface area contributed by atoms with E-state index in [0.29, 0.717) is 31.6 Å². The minimum Gasteiger partial charge on any atom is -0.399 e. The Labute approximate surface area is 352 Å². The first-order chi connectivity index (χ1) is 28.0. The number of nitrogens with one attached hydrogen (secondary N) is 3. The van der Waals surface area contributed by atoms with Gasteiger partial charge in [-0.1, -0.05) is 83.5 Å². The van der Waals surface area contributed by atoms with Crippen LogP contribution in [0.25, 0.3) is 0 Å². The van der Waals surface area contributed by atoms with Crippen LogP contribution in [0.4, 0.5) is 5.69 Å². The summed E-state index contributed by atoms with van der Waals surface area (Å²) >= 11 is 0. The number of amides is 5. The molecule has 3 rings (SSSR count). The van der Waals surface area contributed by atoms with Gasteiger partial charge in [0.15, 0.2) is 0 Å². The second kappa shape index (κ2) is 23.9. The number of nitrogens with two attached hydrogens (primary N) is 1. The van der Waals surface area contributed by atoms with Crippen molar-refractivity contribution < 1.29 is 33.4 Å². The van der Waals surface area contributed by atoms with E-state index in [1.807, 2.05) is 89.2 Å². The number of likely N-dealkylation sites (tertiary alicyclic amines) is 1. The molecular weight excluding hydrogens is 751 g/mol. The number of carbonyl (C=O) groups is 5. The number of nitrogen functional groups attached to an aromatic ring is 1. The molecule has 0 radical (unpaired) electrons. The summed E-state index contributed by atoms with van der Waals surface area (Å²) in [5, 5.41) is 8.90. The van der Waals surface area contributed by atoms with Gasteiger partial charge in [-0.25, -0.2) is 0 Å². The highest BCUT2D eigenvalue weighted by atomic mass is 16.5. The summed E-state index contributed by atoms with van der Waals surface area (Å²) in [4.78, 5) is 73.2. The molecule has 14 heteroatoms. The monoisotopic (exact) mass is 822 g/mol. The van der Waals surface area contributed by atoms with Gasteiger partial charge < -0.3 is 41.0 Å². The number of rotatable bonds is 23. The predicted octanol–water partition coefficient (Wildman–Crippen LogP) is 3.63. The van der Waals surface area contributed by atoms with E-state index in [1.54, 1.807) is 50.1 Å². The highest BCUT2D eigenvalue weighted by Gasteiger charge is 2.42. The molecule has 59 heavy (non-hydrogen) atoms. The molecule has 328 valence electrons. The first kappa shape index (κ1) is 48.8. The Bertz CT molecular complexity index is 1630. The Kier molecular flexibility index (Phi) is 19.8. The smallest absolute Gasteiger partial charge is 0.242 e. The van der Waals surface area contributed by atoms with Crippen molar-refractivity contribution in [1.29, 1.82) is 0 Å². The Morgan fingerprint density at radius 1 is 0.864 bits per heavy atom. The van der Waals surface area contributed by atoms with Crippen LogP contribution in [0.5, 0.6) is 0 Å². The minimum atomic E-state index is -0.651. The molecule has 8 unspecified atom stereocenters. The van der Waals surface area contributed by atoms with E-state index in [2.05, 4.69) is 16.0 Å². The van der Waals surface area contributed by atoms with Crippen LogP contribution in [0.3, 0.4) is 0 Å². The predicted molar refractivity (Wildman–Crippen MR) is 231 cm³/mol. The topological polar surface area (TPSA) is 176 Å². The Morgan fingerprint density at radius 2 is 1.53 bits per heavy atom. The molecule has 1 heterocycles. The van der Waals surface area contributed by atoms with Gasteiger partial charge in [0, 0.05) is 52.5 Å². The van der Waals surface area contributed by atoms with Crippen LogP contribution >= 0.6 is 0 Å². The summed E-state index contributed by atoms with van der Waals surface area (Å²) in [5.74, 6) is -1.73. The van der Waals surface area contributed by atoms with Gasteiger partial charge in [-0.15, -0.1) is 0 Å². The third-order valence-corrected chi connectivity index (χ3v) is 11.7. The van der Waals surface area contributed by atoms with E-state index in [4.69, 9.17) is 15.2 Å². The van der Waals surface area contributed by atoms with Crippen molar-refractivity contribution in [2.24, 2.45) is 17.8 Å². The van der Waals surface area contributed by atoms with E-state index >= 15 is 0 Å². The molecule has 0 saturated carbocycles. The zero-order chi connectivity index (χ0) is 43.8. The summed E-state index contributed by atoms with van der Waals surface area (Å²) < 4.78 is 12.0. The van der Waals surface area contributed by atoms with E-state index in [9.17, 15) is 24.0 Å². The standard InChI is InChI=1S/C45H71N7O7/c1-11-30(4)42(51(8)40(55)28-48-45(57)41(29(2)3)50(6)7)37(58-9)26-39(54)52-23-15-18-36(52)43(59-10)31(5)44(56)49-35(24-32-16-13-12-14-17-32)25-38(53)47-27-33-19-21-34(46)22-20-33/h12-14,16-17,19-22,29-31,35-37,41-43H,11,15,18,23-28,46H2,1-10H3,(H,47,53)(H,48,57)(H,49,56). The number of methoxy groups -OCH3 is 2. The summed E-state index contributed by atoms with van der Waals surface area (Å²) in [5.41, 5.74) is 8.35. The van der Waals surface area contributed by atoms with Crippen LogP contribution in [-0.4, -0.2) is 129 Å². The molecule has 8 atom stereocenters. The number of carbonyl (C=O) groups excluding carboxylic acids is 5.